The van der Waals surface area contributed by atoms with E-state index < -0.39 is 0 Å². The van der Waals surface area contributed by atoms with Crippen LogP contribution < -0.4 is 5.32 Å². The number of nitrogens with zero attached hydrogens (tertiary/aromatic N) is 3. The van der Waals surface area contributed by atoms with E-state index in [-0.39, 0.29) is 18.1 Å². The molecule has 0 saturated heterocycles. The van der Waals surface area contributed by atoms with Gasteiger partial charge in [-0.2, -0.15) is 0 Å². The second-order valence-corrected chi connectivity index (χ2v) is 8.02. The molecule has 154 valence electrons. The van der Waals surface area contributed by atoms with Crippen LogP contribution in [0, 0.1) is 33.5 Å². The molecule has 0 bridgehead atoms. The summed E-state index contributed by atoms with van der Waals surface area (Å²) in [5.41, 5.74) is 6.18. The molecule has 3 heterocycles. The maximum Gasteiger partial charge on any atom is 0.230 e. The van der Waals surface area contributed by atoms with Gasteiger partial charge in [0.15, 0.2) is 5.13 Å². The lowest BCUT2D eigenvalue weighted by atomic mass is 10.1. The number of benzene rings is 1. The van der Waals surface area contributed by atoms with Crippen molar-refractivity contribution in [3.8, 4) is 16.9 Å². The highest BCUT2D eigenvalue weighted by atomic mass is 32.1. The zero-order valence-electron chi connectivity index (χ0n) is 17.1. The summed E-state index contributed by atoms with van der Waals surface area (Å²) in [4.78, 5) is 17.0. The van der Waals surface area contributed by atoms with E-state index in [0.717, 1.165) is 39.6 Å². The first kappa shape index (κ1) is 20.0. The third-order valence-electron chi connectivity index (χ3n) is 5.06. The molecule has 0 aliphatic heterocycles. The fourth-order valence-corrected chi connectivity index (χ4v) is 4.27. The van der Waals surface area contributed by atoms with E-state index in [4.69, 9.17) is 4.52 Å². The lowest BCUT2D eigenvalue weighted by Crippen LogP contribution is -2.15. The van der Waals surface area contributed by atoms with Crippen molar-refractivity contribution < 1.29 is 13.7 Å². The SMILES string of the molecule is Cc1noc(C)c1CC(=O)Nc1nc(-c2cc(C)n(-c3ccc(F)cc3)c2C)cs1. The van der Waals surface area contributed by atoms with Crippen LogP contribution in [-0.4, -0.2) is 20.6 Å². The molecule has 0 unspecified atom stereocenters. The van der Waals surface area contributed by atoms with Gasteiger partial charge in [0.05, 0.1) is 17.8 Å². The van der Waals surface area contributed by atoms with Crippen molar-refractivity contribution in [3.05, 3.63) is 69.9 Å². The Bertz CT molecular complexity index is 1200. The average Bonchev–Trinajstić information content (AvgIpc) is 3.37. The molecule has 0 spiro atoms. The molecule has 4 aromatic rings. The molecular weight excluding hydrogens is 403 g/mol. The fraction of sp³-hybridized carbons (Fsp3) is 0.227. The van der Waals surface area contributed by atoms with Crippen LogP contribution in [0.15, 0.2) is 40.2 Å². The van der Waals surface area contributed by atoms with E-state index in [1.807, 2.05) is 32.2 Å². The Morgan fingerprint density at radius 2 is 1.93 bits per heavy atom. The molecule has 0 fully saturated rings. The van der Waals surface area contributed by atoms with Crippen molar-refractivity contribution in [2.45, 2.75) is 34.1 Å². The maximum absolute atomic E-state index is 13.3. The van der Waals surface area contributed by atoms with Gasteiger partial charge in [0.1, 0.15) is 11.6 Å². The molecule has 6 nitrogen and oxygen atoms in total. The Balaban J connectivity index is 1.55. The number of rotatable bonds is 5. The molecule has 3 aromatic heterocycles. The first-order valence-corrected chi connectivity index (χ1v) is 10.3. The van der Waals surface area contributed by atoms with Gasteiger partial charge in [-0.15, -0.1) is 11.3 Å². The van der Waals surface area contributed by atoms with E-state index in [2.05, 4.69) is 20.0 Å². The molecule has 1 aromatic carbocycles. The number of carbonyl (C=O) groups is 1. The standard InChI is InChI=1S/C22H21FN4O2S/c1-12-9-19(14(3)27(12)17-7-5-16(23)6-8-17)20-11-30-22(24-20)25-21(28)10-18-13(2)26-29-15(18)4/h5-9,11H,10H2,1-4H3,(H,24,25,28). The van der Waals surface area contributed by atoms with Crippen molar-refractivity contribution in [3.63, 3.8) is 0 Å². The third kappa shape index (κ3) is 3.78. The smallest absolute Gasteiger partial charge is 0.230 e. The first-order valence-electron chi connectivity index (χ1n) is 9.46. The zero-order chi connectivity index (χ0) is 21.4. The minimum atomic E-state index is -0.266. The Hall–Kier alpha value is -3.26. The van der Waals surface area contributed by atoms with Gasteiger partial charge >= 0.3 is 0 Å². The van der Waals surface area contributed by atoms with E-state index in [1.54, 1.807) is 19.1 Å². The zero-order valence-corrected chi connectivity index (χ0v) is 17.9. The number of hydrogen-bond acceptors (Lipinski definition) is 5. The number of aromatic nitrogens is 3. The fourth-order valence-electron chi connectivity index (χ4n) is 3.54. The second kappa shape index (κ2) is 7.87. The van der Waals surface area contributed by atoms with Crippen LogP contribution in [0.25, 0.3) is 16.9 Å². The lowest BCUT2D eigenvalue weighted by Gasteiger charge is -2.09. The van der Waals surface area contributed by atoms with Crippen LogP contribution in [0.2, 0.25) is 0 Å². The Morgan fingerprint density at radius 1 is 1.20 bits per heavy atom. The summed E-state index contributed by atoms with van der Waals surface area (Å²) < 4.78 is 20.5. The van der Waals surface area contributed by atoms with Gasteiger partial charge < -0.3 is 14.4 Å². The monoisotopic (exact) mass is 424 g/mol. The molecule has 4 rings (SSSR count). The van der Waals surface area contributed by atoms with E-state index >= 15 is 0 Å². The van der Waals surface area contributed by atoms with Gasteiger partial charge in [0, 0.05) is 33.6 Å². The Labute approximate surface area is 177 Å². The number of hydrogen-bond donors (Lipinski definition) is 1. The van der Waals surface area contributed by atoms with Crippen LogP contribution in [-0.2, 0) is 11.2 Å². The molecule has 1 amide bonds. The number of nitrogens with one attached hydrogen (secondary N) is 1. The molecule has 0 saturated carbocycles. The normalized spacial score (nSPS) is 11.1. The summed E-state index contributed by atoms with van der Waals surface area (Å²) in [7, 11) is 0. The van der Waals surface area contributed by atoms with Crippen LogP contribution >= 0.6 is 11.3 Å². The average molecular weight is 425 g/mol. The third-order valence-corrected chi connectivity index (χ3v) is 5.82. The maximum atomic E-state index is 13.3. The highest BCUT2D eigenvalue weighted by Gasteiger charge is 2.17. The molecular formula is C22H21FN4O2S. The molecule has 8 heteroatoms. The molecule has 0 radical (unpaired) electrons. The largest absolute Gasteiger partial charge is 0.361 e. The molecule has 0 aliphatic carbocycles. The minimum absolute atomic E-state index is 0.165. The van der Waals surface area contributed by atoms with Crippen molar-refractivity contribution in [2.75, 3.05) is 5.32 Å². The van der Waals surface area contributed by atoms with Crippen LogP contribution in [0.3, 0.4) is 0 Å². The summed E-state index contributed by atoms with van der Waals surface area (Å²) >= 11 is 1.37. The predicted molar refractivity (Wildman–Crippen MR) is 115 cm³/mol. The number of amides is 1. The van der Waals surface area contributed by atoms with Crippen molar-refractivity contribution in [1.82, 2.24) is 14.7 Å². The van der Waals surface area contributed by atoms with Gasteiger partial charge in [-0.1, -0.05) is 5.16 Å². The summed E-state index contributed by atoms with van der Waals surface area (Å²) in [5, 5.41) is 9.19. The van der Waals surface area contributed by atoms with Crippen LogP contribution in [0.4, 0.5) is 9.52 Å². The van der Waals surface area contributed by atoms with Crippen LogP contribution in [0.5, 0.6) is 0 Å². The van der Waals surface area contributed by atoms with E-state index in [0.29, 0.717) is 10.9 Å². The number of halogens is 1. The van der Waals surface area contributed by atoms with E-state index in [1.165, 1.54) is 23.5 Å². The van der Waals surface area contributed by atoms with E-state index in [9.17, 15) is 9.18 Å². The summed E-state index contributed by atoms with van der Waals surface area (Å²) in [6.45, 7) is 7.61. The Kier molecular flexibility index (Phi) is 5.26. The van der Waals surface area contributed by atoms with Gasteiger partial charge in [-0.3, -0.25) is 4.79 Å². The topological polar surface area (TPSA) is 73.0 Å². The first-order chi connectivity index (χ1) is 14.3. The second-order valence-electron chi connectivity index (χ2n) is 7.16. The summed E-state index contributed by atoms with van der Waals surface area (Å²) in [6.07, 6.45) is 0.190. The van der Waals surface area contributed by atoms with Crippen molar-refractivity contribution in [1.29, 1.82) is 0 Å². The van der Waals surface area contributed by atoms with Crippen LogP contribution in [0.1, 0.15) is 28.4 Å². The predicted octanol–water partition coefficient (Wildman–Crippen LogP) is 5.14. The van der Waals surface area contributed by atoms with Gasteiger partial charge in [-0.25, -0.2) is 9.37 Å². The molecule has 30 heavy (non-hydrogen) atoms. The quantitative estimate of drug-likeness (QED) is 0.481. The molecule has 1 N–H and O–H groups in total. The van der Waals surface area contributed by atoms with Crippen molar-refractivity contribution >= 4 is 22.4 Å². The summed E-state index contributed by atoms with van der Waals surface area (Å²) in [5.74, 6) is 0.218. The number of carbonyl (C=O) groups excluding carboxylic acids is 1. The molecule has 0 aliphatic rings. The van der Waals surface area contributed by atoms with Gasteiger partial charge in [0.25, 0.3) is 0 Å². The number of aryl methyl sites for hydroxylation is 3. The number of thiazole rings is 1. The molecule has 0 atom stereocenters. The van der Waals surface area contributed by atoms with Crippen molar-refractivity contribution in [2.24, 2.45) is 0 Å². The highest BCUT2D eigenvalue weighted by molar-refractivity contribution is 7.14. The Morgan fingerprint density at radius 3 is 2.60 bits per heavy atom. The van der Waals surface area contributed by atoms with Gasteiger partial charge in [0.2, 0.25) is 5.91 Å². The van der Waals surface area contributed by atoms with Gasteiger partial charge in [-0.05, 0) is 58.0 Å². The minimum Gasteiger partial charge on any atom is -0.361 e. The lowest BCUT2D eigenvalue weighted by molar-refractivity contribution is -0.115. The number of anilines is 1. The highest BCUT2D eigenvalue weighted by Crippen LogP contribution is 2.31. The summed E-state index contributed by atoms with van der Waals surface area (Å²) in [6, 6.07) is 8.44.